The fourth-order valence-corrected chi connectivity index (χ4v) is 3.67. The van der Waals surface area contributed by atoms with Crippen molar-refractivity contribution in [2.45, 2.75) is 45.3 Å². The molecule has 10 heteroatoms. The molecule has 2 aliphatic rings. The Labute approximate surface area is 158 Å². The lowest BCUT2D eigenvalue weighted by Crippen LogP contribution is -2.46. The van der Waals surface area contributed by atoms with Gasteiger partial charge in [-0.15, -0.1) is 0 Å². The van der Waals surface area contributed by atoms with Gasteiger partial charge in [0.05, 0.1) is 17.1 Å². The molecular formula is C17H26N6O4. The van der Waals surface area contributed by atoms with E-state index in [4.69, 9.17) is 4.74 Å². The first kappa shape index (κ1) is 19.3. The van der Waals surface area contributed by atoms with E-state index in [0.29, 0.717) is 44.8 Å². The SMILES string of the molecule is CC1CN(c2ncnc(NCCCN3CCCC3=O)c2[N+](=O)[O-])CC(C)O1. The van der Waals surface area contributed by atoms with Gasteiger partial charge >= 0.3 is 5.69 Å². The Morgan fingerprint density at radius 3 is 2.70 bits per heavy atom. The predicted molar refractivity (Wildman–Crippen MR) is 99.8 cm³/mol. The molecule has 2 saturated heterocycles. The Hall–Kier alpha value is -2.49. The molecule has 148 valence electrons. The summed E-state index contributed by atoms with van der Waals surface area (Å²) in [6, 6.07) is 0. The minimum absolute atomic E-state index is 0.0299. The largest absolute Gasteiger partial charge is 0.372 e. The summed E-state index contributed by atoms with van der Waals surface area (Å²) >= 11 is 0. The molecule has 10 nitrogen and oxygen atoms in total. The van der Waals surface area contributed by atoms with Gasteiger partial charge in [0.1, 0.15) is 6.33 Å². The summed E-state index contributed by atoms with van der Waals surface area (Å²) < 4.78 is 5.70. The normalized spacial score (nSPS) is 23.0. The van der Waals surface area contributed by atoms with Gasteiger partial charge in [-0.3, -0.25) is 14.9 Å². The molecule has 0 aliphatic carbocycles. The summed E-state index contributed by atoms with van der Waals surface area (Å²) in [5, 5.41) is 14.8. The van der Waals surface area contributed by atoms with Crippen molar-refractivity contribution in [1.82, 2.24) is 14.9 Å². The second-order valence-corrected chi connectivity index (χ2v) is 7.08. The van der Waals surface area contributed by atoms with Gasteiger partial charge in [0.25, 0.3) is 0 Å². The summed E-state index contributed by atoms with van der Waals surface area (Å²) in [4.78, 5) is 34.9. The van der Waals surface area contributed by atoms with E-state index in [9.17, 15) is 14.9 Å². The molecule has 2 unspecified atom stereocenters. The summed E-state index contributed by atoms with van der Waals surface area (Å²) in [5.74, 6) is 0.708. The zero-order chi connectivity index (χ0) is 19.4. The number of nitrogens with one attached hydrogen (secondary N) is 1. The fraction of sp³-hybridized carbons (Fsp3) is 0.706. The van der Waals surface area contributed by atoms with Crippen LogP contribution in [-0.2, 0) is 9.53 Å². The lowest BCUT2D eigenvalue weighted by Gasteiger charge is -2.35. The number of amides is 1. The smallest absolute Gasteiger partial charge is 0.353 e. The van der Waals surface area contributed by atoms with E-state index in [2.05, 4.69) is 15.3 Å². The minimum atomic E-state index is -0.438. The average molecular weight is 378 g/mol. The molecule has 0 bridgehead atoms. The van der Waals surface area contributed by atoms with Crippen LogP contribution in [0.15, 0.2) is 6.33 Å². The van der Waals surface area contributed by atoms with Crippen LogP contribution in [0.2, 0.25) is 0 Å². The van der Waals surface area contributed by atoms with E-state index < -0.39 is 4.92 Å². The number of ether oxygens (including phenoxy) is 1. The molecule has 1 N–H and O–H groups in total. The number of nitro groups is 1. The van der Waals surface area contributed by atoms with Crippen LogP contribution < -0.4 is 10.2 Å². The molecule has 0 saturated carbocycles. The Morgan fingerprint density at radius 2 is 2.07 bits per heavy atom. The highest BCUT2D eigenvalue weighted by Crippen LogP contribution is 2.33. The van der Waals surface area contributed by atoms with Gasteiger partial charge in [0, 0.05) is 39.1 Å². The first-order chi connectivity index (χ1) is 13.0. The van der Waals surface area contributed by atoms with Gasteiger partial charge in [-0.25, -0.2) is 9.97 Å². The maximum absolute atomic E-state index is 11.7. The summed E-state index contributed by atoms with van der Waals surface area (Å²) in [6.45, 7) is 6.90. The highest BCUT2D eigenvalue weighted by Gasteiger charge is 2.31. The molecule has 3 rings (SSSR count). The molecule has 0 radical (unpaired) electrons. The Kier molecular flexibility index (Phi) is 6.04. The molecule has 1 aromatic heterocycles. The van der Waals surface area contributed by atoms with Crippen LogP contribution in [0.1, 0.15) is 33.1 Å². The first-order valence-corrected chi connectivity index (χ1v) is 9.37. The van der Waals surface area contributed by atoms with Crippen molar-refractivity contribution in [3.8, 4) is 0 Å². The molecule has 1 amide bonds. The van der Waals surface area contributed by atoms with Crippen molar-refractivity contribution in [3.05, 3.63) is 16.4 Å². The maximum Gasteiger partial charge on any atom is 0.353 e. The number of rotatable bonds is 7. The number of likely N-dealkylation sites (tertiary alicyclic amines) is 1. The average Bonchev–Trinajstić information content (AvgIpc) is 3.02. The summed E-state index contributed by atoms with van der Waals surface area (Å²) in [5.41, 5.74) is -0.115. The fourth-order valence-electron chi connectivity index (χ4n) is 3.67. The van der Waals surface area contributed by atoms with Crippen molar-refractivity contribution < 1.29 is 14.5 Å². The molecule has 27 heavy (non-hydrogen) atoms. The topological polar surface area (TPSA) is 114 Å². The van der Waals surface area contributed by atoms with E-state index in [1.165, 1.54) is 6.33 Å². The third-order valence-corrected chi connectivity index (χ3v) is 4.77. The van der Waals surface area contributed by atoms with Crippen molar-refractivity contribution in [1.29, 1.82) is 0 Å². The number of morpholine rings is 1. The van der Waals surface area contributed by atoms with Crippen LogP contribution in [-0.4, -0.2) is 70.6 Å². The minimum Gasteiger partial charge on any atom is -0.372 e. The van der Waals surface area contributed by atoms with Gasteiger partial charge in [0.2, 0.25) is 17.5 Å². The number of carbonyl (C=O) groups is 1. The van der Waals surface area contributed by atoms with Crippen LogP contribution in [0, 0.1) is 10.1 Å². The number of hydrogen-bond acceptors (Lipinski definition) is 8. The summed E-state index contributed by atoms with van der Waals surface area (Å²) in [7, 11) is 0. The highest BCUT2D eigenvalue weighted by molar-refractivity contribution is 5.78. The van der Waals surface area contributed by atoms with Crippen molar-refractivity contribution in [2.75, 3.05) is 42.9 Å². The molecule has 2 fully saturated rings. The van der Waals surface area contributed by atoms with E-state index >= 15 is 0 Å². The lowest BCUT2D eigenvalue weighted by molar-refractivity contribution is -0.383. The number of aromatic nitrogens is 2. The van der Waals surface area contributed by atoms with E-state index in [1.54, 1.807) is 0 Å². The molecule has 2 aliphatic heterocycles. The van der Waals surface area contributed by atoms with E-state index in [1.807, 2.05) is 23.6 Å². The summed E-state index contributed by atoms with van der Waals surface area (Å²) in [6.07, 6.45) is 3.51. The van der Waals surface area contributed by atoms with Gasteiger partial charge in [-0.05, 0) is 26.7 Å². The first-order valence-electron chi connectivity index (χ1n) is 9.37. The van der Waals surface area contributed by atoms with Gasteiger partial charge in [-0.1, -0.05) is 0 Å². The van der Waals surface area contributed by atoms with Crippen LogP contribution in [0.4, 0.5) is 17.3 Å². The Morgan fingerprint density at radius 1 is 1.33 bits per heavy atom. The third-order valence-electron chi connectivity index (χ3n) is 4.77. The number of nitrogens with zero attached hydrogens (tertiary/aromatic N) is 5. The van der Waals surface area contributed by atoms with E-state index in [0.717, 1.165) is 13.0 Å². The third kappa shape index (κ3) is 4.62. The van der Waals surface area contributed by atoms with E-state index in [-0.39, 0.29) is 29.6 Å². The zero-order valence-corrected chi connectivity index (χ0v) is 15.8. The Balaban J connectivity index is 1.68. The van der Waals surface area contributed by atoms with Crippen LogP contribution in [0.5, 0.6) is 0 Å². The number of carbonyl (C=O) groups excluding carboxylic acids is 1. The highest BCUT2D eigenvalue weighted by atomic mass is 16.6. The maximum atomic E-state index is 11.7. The molecule has 0 spiro atoms. The van der Waals surface area contributed by atoms with Crippen molar-refractivity contribution in [3.63, 3.8) is 0 Å². The zero-order valence-electron chi connectivity index (χ0n) is 15.8. The lowest BCUT2D eigenvalue weighted by atomic mass is 10.2. The van der Waals surface area contributed by atoms with Crippen LogP contribution in [0.25, 0.3) is 0 Å². The molecule has 3 heterocycles. The second-order valence-electron chi connectivity index (χ2n) is 7.08. The van der Waals surface area contributed by atoms with Gasteiger partial charge < -0.3 is 19.9 Å². The molecule has 2 atom stereocenters. The molecular weight excluding hydrogens is 352 g/mol. The van der Waals surface area contributed by atoms with Crippen molar-refractivity contribution in [2.24, 2.45) is 0 Å². The molecule has 0 aromatic carbocycles. The number of anilines is 2. The molecule has 1 aromatic rings. The quantitative estimate of drug-likeness (QED) is 0.430. The second kappa shape index (κ2) is 8.47. The van der Waals surface area contributed by atoms with Crippen LogP contribution >= 0.6 is 0 Å². The Bertz CT molecular complexity index is 690. The van der Waals surface area contributed by atoms with Gasteiger partial charge in [0.15, 0.2) is 0 Å². The monoisotopic (exact) mass is 378 g/mol. The van der Waals surface area contributed by atoms with Gasteiger partial charge in [-0.2, -0.15) is 0 Å². The van der Waals surface area contributed by atoms with Crippen LogP contribution in [0.3, 0.4) is 0 Å². The predicted octanol–water partition coefficient (Wildman–Crippen LogP) is 1.42. The number of hydrogen-bond donors (Lipinski definition) is 1. The standard InChI is InChI=1S/C17H26N6O4/c1-12-9-22(10-13(2)27-12)17-15(23(25)26)16(19-11-20-17)18-6-4-8-21-7-3-5-14(21)24/h11-13H,3-10H2,1-2H3,(H,18,19,20). The van der Waals surface area contributed by atoms with Crippen molar-refractivity contribution >= 4 is 23.2 Å².